The topological polar surface area (TPSA) is 105 Å². The van der Waals surface area contributed by atoms with Crippen LogP contribution in [-0.4, -0.2) is 58.7 Å². The van der Waals surface area contributed by atoms with Gasteiger partial charge in [0.15, 0.2) is 12.4 Å². The zero-order chi connectivity index (χ0) is 24.5. The smallest absolute Gasteiger partial charge is 0.182 e. The van der Waals surface area contributed by atoms with Crippen molar-refractivity contribution >= 4 is 6.29 Å². The Morgan fingerprint density at radius 3 is 2.03 bits per heavy atom. The second-order valence-electron chi connectivity index (χ2n) is 9.15. The highest BCUT2D eigenvalue weighted by Gasteiger charge is 2.33. The van der Waals surface area contributed by atoms with Gasteiger partial charge in [0.1, 0.15) is 42.2 Å². The molecule has 2 aromatic rings. The second-order valence-corrected chi connectivity index (χ2v) is 9.15. The standard InChI is InChI=1S/C27H36O7/c1-18(2)19-8-10-20(11-9-19)32-17-24(29)26(30)27(31)25(16-28)34-23-14-12-22(13-15-23)33-21-6-4-3-5-7-21/h8-16,18,21,24-27,29-31H,3-7,17H2,1-2H3/t24-,25+,26-,27-/m1/s1. The Kier molecular flexibility index (Phi) is 9.74. The van der Waals surface area contributed by atoms with Gasteiger partial charge >= 0.3 is 0 Å². The molecule has 0 aliphatic heterocycles. The highest BCUT2D eigenvalue weighted by atomic mass is 16.5. The van der Waals surface area contributed by atoms with Crippen LogP contribution in [0.25, 0.3) is 0 Å². The number of rotatable bonds is 12. The van der Waals surface area contributed by atoms with Crippen molar-refractivity contribution in [3.63, 3.8) is 0 Å². The molecule has 34 heavy (non-hydrogen) atoms. The molecule has 0 bridgehead atoms. The molecule has 1 aliphatic rings. The molecule has 3 N–H and O–H groups in total. The quantitative estimate of drug-likeness (QED) is 0.405. The van der Waals surface area contributed by atoms with Gasteiger partial charge in [-0.3, -0.25) is 4.79 Å². The Morgan fingerprint density at radius 1 is 0.853 bits per heavy atom. The van der Waals surface area contributed by atoms with E-state index in [-0.39, 0.29) is 12.7 Å². The third kappa shape index (κ3) is 7.45. The average Bonchev–Trinajstić information content (AvgIpc) is 2.86. The number of aliphatic hydroxyl groups excluding tert-OH is 3. The van der Waals surface area contributed by atoms with Gasteiger partial charge in [-0.25, -0.2) is 0 Å². The summed E-state index contributed by atoms with van der Waals surface area (Å²) in [6.07, 6.45) is 0.253. The van der Waals surface area contributed by atoms with E-state index < -0.39 is 24.4 Å². The van der Waals surface area contributed by atoms with Crippen molar-refractivity contribution in [2.24, 2.45) is 0 Å². The SMILES string of the molecule is CC(C)c1ccc(OC[C@@H](O)[C@@H](O)[C@H](O)[C@H](C=O)Oc2ccc(OC3CCCCC3)cc2)cc1. The molecule has 0 spiro atoms. The number of hydrogen-bond donors (Lipinski definition) is 3. The van der Waals surface area contributed by atoms with E-state index in [4.69, 9.17) is 14.2 Å². The molecule has 0 saturated heterocycles. The van der Waals surface area contributed by atoms with Crippen LogP contribution in [0.15, 0.2) is 48.5 Å². The first-order valence-corrected chi connectivity index (χ1v) is 12.0. The van der Waals surface area contributed by atoms with Crippen LogP contribution in [0.2, 0.25) is 0 Å². The molecule has 1 fully saturated rings. The molecule has 186 valence electrons. The van der Waals surface area contributed by atoms with Crippen molar-refractivity contribution in [3.8, 4) is 17.2 Å². The first kappa shape index (κ1) is 26.0. The van der Waals surface area contributed by atoms with Gasteiger partial charge in [0.25, 0.3) is 0 Å². The molecule has 1 saturated carbocycles. The number of hydrogen-bond acceptors (Lipinski definition) is 7. The van der Waals surface area contributed by atoms with Crippen molar-refractivity contribution < 1.29 is 34.3 Å². The van der Waals surface area contributed by atoms with Crippen LogP contribution in [-0.2, 0) is 4.79 Å². The summed E-state index contributed by atoms with van der Waals surface area (Å²) >= 11 is 0. The number of benzene rings is 2. The normalized spacial score (nSPS) is 18.1. The van der Waals surface area contributed by atoms with Gasteiger partial charge in [-0.1, -0.05) is 32.4 Å². The summed E-state index contributed by atoms with van der Waals surface area (Å²) in [4.78, 5) is 11.5. The van der Waals surface area contributed by atoms with Crippen LogP contribution in [0.5, 0.6) is 17.2 Å². The summed E-state index contributed by atoms with van der Waals surface area (Å²) in [6.45, 7) is 3.92. The fourth-order valence-corrected chi connectivity index (χ4v) is 3.96. The predicted molar refractivity (Wildman–Crippen MR) is 128 cm³/mol. The van der Waals surface area contributed by atoms with Crippen LogP contribution < -0.4 is 14.2 Å². The maximum Gasteiger partial charge on any atom is 0.182 e. The molecule has 7 nitrogen and oxygen atoms in total. The minimum absolute atomic E-state index is 0.220. The molecule has 1 aliphatic carbocycles. The molecule has 0 aromatic heterocycles. The van der Waals surface area contributed by atoms with E-state index in [1.54, 1.807) is 36.4 Å². The minimum atomic E-state index is -1.64. The molecule has 0 amide bonds. The number of ether oxygens (including phenoxy) is 3. The molecule has 4 atom stereocenters. The number of aldehydes is 1. The van der Waals surface area contributed by atoms with Gasteiger partial charge in [0.2, 0.25) is 0 Å². The Labute approximate surface area is 201 Å². The summed E-state index contributed by atoms with van der Waals surface area (Å²) in [7, 11) is 0. The summed E-state index contributed by atoms with van der Waals surface area (Å²) < 4.78 is 17.1. The highest BCUT2D eigenvalue weighted by Crippen LogP contribution is 2.26. The van der Waals surface area contributed by atoms with Gasteiger partial charge in [-0.05, 0) is 73.6 Å². The van der Waals surface area contributed by atoms with E-state index in [0.29, 0.717) is 23.7 Å². The maximum atomic E-state index is 11.5. The lowest BCUT2D eigenvalue weighted by Crippen LogP contribution is -2.49. The van der Waals surface area contributed by atoms with Crippen LogP contribution in [0.3, 0.4) is 0 Å². The number of carbonyl (C=O) groups excluding carboxylic acids is 1. The Balaban J connectivity index is 1.50. The van der Waals surface area contributed by atoms with Gasteiger partial charge in [0, 0.05) is 0 Å². The maximum absolute atomic E-state index is 11.5. The van der Waals surface area contributed by atoms with Gasteiger partial charge in [-0.15, -0.1) is 0 Å². The van der Waals surface area contributed by atoms with E-state index >= 15 is 0 Å². The number of aliphatic hydroxyl groups is 3. The van der Waals surface area contributed by atoms with Crippen molar-refractivity contribution in [3.05, 3.63) is 54.1 Å². The first-order chi connectivity index (χ1) is 16.4. The Bertz CT molecular complexity index is 860. The molecule has 0 unspecified atom stereocenters. The van der Waals surface area contributed by atoms with Gasteiger partial charge < -0.3 is 29.5 Å². The molecular formula is C27H36O7. The average molecular weight is 473 g/mol. The summed E-state index contributed by atoms with van der Waals surface area (Å²) in [5.74, 6) is 1.98. The summed E-state index contributed by atoms with van der Waals surface area (Å²) in [5.41, 5.74) is 1.16. The third-order valence-electron chi connectivity index (χ3n) is 6.13. The fraction of sp³-hybridized carbons (Fsp3) is 0.519. The van der Waals surface area contributed by atoms with Gasteiger partial charge in [-0.2, -0.15) is 0 Å². The van der Waals surface area contributed by atoms with Crippen LogP contribution in [0.1, 0.15) is 57.4 Å². The predicted octanol–water partition coefficient (Wildman–Crippen LogP) is 3.63. The second kappa shape index (κ2) is 12.7. The largest absolute Gasteiger partial charge is 0.491 e. The van der Waals surface area contributed by atoms with Crippen molar-refractivity contribution in [1.82, 2.24) is 0 Å². The van der Waals surface area contributed by atoms with Crippen molar-refractivity contribution in [2.75, 3.05) is 6.61 Å². The zero-order valence-corrected chi connectivity index (χ0v) is 19.9. The molecule has 2 aromatic carbocycles. The molecular weight excluding hydrogens is 436 g/mol. The highest BCUT2D eigenvalue weighted by molar-refractivity contribution is 5.58. The first-order valence-electron chi connectivity index (χ1n) is 12.0. The monoisotopic (exact) mass is 472 g/mol. The van der Waals surface area contributed by atoms with E-state index in [2.05, 4.69) is 13.8 Å². The summed E-state index contributed by atoms with van der Waals surface area (Å²) in [6, 6.07) is 14.2. The van der Waals surface area contributed by atoms with Gasteiger partial charge in [0.05, 0.1) is 6.10 Å². The van der Waals surface area contributed by atoms with E-state index in [1.165, 1.54) is 19.3 Å². The fourth-order valence-electron chi connectivity index (χ4n) is 3.96. The summed E-state index contributed by atoms with van der Waals surface area (Å²) in [5, 5.41) is 31.0. The van der Waals surface area contributed by atoms with E-state index in [1.807, 2.05) is 12.1 Å². The zero-order valence-electron chi connectivity index (χ0n) is 19.9. The van der Waals surface area contributed by atoms with Crippen molar-refractivity contribution in [2.45, 2.75) is 82.4 Å². The lowest BCUT2D eigenvalue weighted by atomic mass is 9.98. The van der Waals surface area contributed by atoms with E-state index in [9.17, 15) is 20.1 Å². The molecule has 7 heteroatoms. The Morgan fingerprint density at radius 2 is 1.44 bits per heavy atom. The van der Waals surface area contributed by atoms with E-state index in [0.717, 1.165) is 24.2 Å². The lowest BCUT2D eigenvalue weighted by molar-refractivity contribution is -0.132. The molecule has 0 radical (unpaired) electrons. The van der Waals surface area contributed by atoms with Crippen LogP contribution in [0, 0.1) is 0 Å². The molecule has 0 heterocycles. The third-order valence-corrected chi connectivity index (χ3v) is 6.13. The minimum Gasteiger partial charge on any atom is -0.491 e. The number of carbonyl (C=O) groups is 1. The van der Waals surface area contributed by atoms with Crippen LogP contribution >= 0.6 is 0 Å². The van der Waals surface area contributed by atoms with Crippen molar-refractivity contribution in [1.29, 1.82) is 0 Å². The molecule has 3 rings (SSSR count). The van der Waals surface area contributed by atoms with Crippen LogP contribution in [0.4, 0.5) is 0 Å². The Hall–Kier alpha value is -2.61. The lowest BCUT2D eigenvalue weighted by Gasteiger charge is -2.27.